The summed E-state index contributed by atoms with van der Waals surface area (Å²) >= 11 is 0. The summed E-state index contributed by atoms with van der Waals surface area (Å²) in [5.41, 5.74) is 6.08. The molecule has 1 N–H and O–H groups in total. The van der Waals surface area contributed by atoms with Crippen LogP contribution in [0.3, 0.4) is 0 Å². The van der Waals surface area contributed by atoms with Gasteiger partial charge in [-0.3, -0.25) is 4.79 Å². The first-order chi connectivity index (χ1) is 15.1. The van der Waals surface area contributed by atoms with Crippen molar-refractivity contribution < 1.29 is 14.2 Å². The Balaban J connectivity index is 0.000000401. The topological polar surface area (TPSA) is 54.0 Å². The van der Waals surface area contributed by atoms with E-state index in [-0.39, 0.29) is 5.97 Å². The highest BCUT2D eigenvalue weighted by Gasteiger charge is 2.17. The van der Waals surface area contributed by atoms with Crippen LogP contribution in [-0.4, -0.2) is 12.6 Å². The molecule has 4 nitrogen and oxygen atoms in total. The summed E-state index contributed by atoms with van der Waals surface area (Å²) in [6.45, 7) is 3.65. The lowest BCUT2D eigenvalue weighted by Crippen LogP contribution is -2.30. The molecule has 1 heterocycles. The Bertz CT molecular complexity index is 1050. The summed E-state index contributed by atoms with van der Waals surface area (Å²) in [6.07, 6.45) is 0. The number of hydrogen-bond acceptors (Lipinski definition) is 2. The van der Waals surface area contributed by atoms with E-state index in [4.69, 9.17) is 5.84 Å². The second-order valence-electron chi connectivity index (χ2n) is 6.87. The number of pyridine rings is 1. The maximum Gasteiger partial charge on any atom is 0.302 e. The first kappa shape index (κ1) is 21.8. The molecule has 0 fully saturated rings. The van der Waals surface area contributed by atoms with Crippen LogP contribution in [0.2, 0.25) is 0 Å². The van der Waals surface area contributed by atoms with E-state index < -0.39 is 0 Å². The number of hydrogen-bond donors (Lipinski definition) is 0. The van der Waals surface area contributed by atoms with Gasteiger partial charge in [0.15, 0.2) is 0 Å². The fraction of sp³-hybridized carbons (Fsp3) is 0.111. The molecule has 3 aromatic carbocycles. The van der Waals surface area contributed by atoms with Crippen molar-refractivity contribution in [1.82, 2.24) is 0 Å². The zero-order chi connectivity index (χ0) is 22.1. The number of nitrogens with one attached hydrogen (secondary N) is 1. The van der Waals surface area contributed by atoms with Gasteiger partial charge >= 0.3 is 5.97 Å². The van der Waals surface area contributed by atoms with E-state index in [1.807, 2.05) is 78.9 Å². The number of carbonyl (C=O) groups excluding carboxylic acids is 1. The second kappa shape index (κ2) is 10.7. The first-order valence-electron chi connectivity index (χ1n) is 10.2. The highest BCUT2D eigenvalue weighted by molar-refractivity contribution is 5.73. The summed E-state index contributed by atoms with van der Waals surface area (Å²) in [7, 11) is 0. The number of nitrogens with zero attached hydrogens (tertiary/aromatic N) is 1. The highest BCUT2D eigenvalue weighted by atomic mass is 16.5. The van der Waals surface area contributed by atoms with Gasteiger partial charge in [0.1, 0.15) is 0 Å². The van der Waals surface area contributed by atoms with E-state index in [9.17, 15) is 4.79 Å². The van der Waals surface area contributed by atoms with Gasteiger partial charge in [0, 0.05) is 30.2 Å². The lowest BCUT2D eigenvalue weighted by atomic mass is 10.00. The molecule has 31 heavy (non-hydrogen) atoms. The molecule has 0 aliphatic rings. The average Bonchev–Trinajstić information content (AvgIpc) is 2.81. The van der Waals surface area contributed by atoms with Gasteiger partial charge in [0.05, 0.1) is 6.61 Å². The predicted octanol–water partition coefficient (Wildman–Crippen LogP) is 6.36. The van der Waals surface area contributed by atoms with Gasteiger partial charge in [-0.1, -0.05) is 66.7 Å². The Hall–Kier alpha value is -3.92. The molecule has 4 aromatic rings. The van der Waals surface area contributed by atoms with Gasteiger partial charge in [-0.25, -0.2) is 4.68 Å². The molecule has 0 spiro atoms. The standard InChI is InChI=1S/C23H18N2.C4H8O2/c24-25-22(19-12-6-2-7-13-19)16-21(18-10-4-1-5-11-18)17-23(25)20-14-8-3-9-15-20;1-3-6-4(2)5/h1-17,24H;3H2,1-2H3. The minimum atomic E-state index is -0.211. The largest absolute Gasteiger partial charge is 0.466 e. The Morgan fingerprint density at radius 1 is 0.710 bits per heavy atom. The van der Waals surface area contributed by atoms with E-state index in [1.54, 1.807) is 6.92 Å². The van der Waals surface area contributed by atoms with Crippen LogP contribution in [0, 0.1) is 0 Å². The summed E-state index contributed by atoms with van der Waals surface area (Å²) < 4.78 is 5.93. The van der Waals surface area contributed by atoms with Crippen molar-refractivity contribution in [2.75, 3.05) is 6.61 Å². The minimum Gasteiger partial charge on any atom is -0.466 e. The molecule has 0 atom stereocenters. The fourth-order valence-electron chi connectivity index (χ4n) is 3.24. The molecular weight excluding hydrogens is 384 g/mol. The third kappa shape index (κ3) is 5.80. The Labute approximate surface area is 183 Å². The van der Waals surface area contributed by atoms with Crippen molar-refractivity contribution in [3.63, 3.8) is 0 Å². The van der Waals surface area contributed by atoms with Crippen molar-refractivity contribution in [1.29, 1.82) is 0 Å². The van der Waals surface area contributed by atoms with E-state index >= 15 is 0 Å². The van der Waals surface area contributed by atoms with Crippen LogP contribution in [0.1, 0.15) is 13.8 Å². The monoisotopic (exact) mass is 410 g/mol. The van der Waals surface area contributed by atoms with Gasteiger partial charge < -0.3 is 10.6 Å². The quantitative estimate of drug-likeness (QED) is 0.290. The van der Waals surface area contributed by atoms with Crippen LogP contribution < -0.4 is 4.68 Å². The third-order valence-corrected chi connectivity index (χ3v) is 4.66. The number of rotatable bonds is 4. The van der Waals surface area contributed by atoms with Crippen molar-refractivity contribution in [2.45, 2.75) is 13.8 Å². The highest BCUT2D eigenvalue weighted by Crippen LogP contribution is 2.28. The molecule has 0 aliphatic heterocycles. The molecule has 4 heteroatoms. The molecule has 156 valence electrons. The van der Waals surface area contributed by atoms with Gasteiger partial charge in [-0.15, -0.1) is 0 Å². The van der Waals surface area contributed by atoms with Gasteiger partial charge in [0.2, 0.25) is 11.4 Å². The van der Waals surface area contributed by atoms with E-state index in [1.165, 1.54) is 11.6 Å². The summed E-state index contributed by atoms with van der Waals surface area (Å²) in [6, 6.07) is 34.7. The Morgan fingerprint density at radius 3 is 1.42 bits per heavy atom. The van der Waals surface area contributed by atoms with Gasteiger partial charge in [-0.05, 0) is 42.3 Å². The van der Waals surface area contributed by atoms with Crippen molar-refractivity contribution in [3.8, 4) is 33.6 Å². The van der Waals surface area contributed by atoms with Crippen LogP contribution in [-0.2, 0) is 9.53 Å². The molecule has 0 unspecified atom stereocenters. The number of benzene rings is 3. The van der Waals surface area contributed by atoms with Crippen LogP contribution >= 0.6 is 0 Å². The SMILES string of the molecule is CCOC(C)=O.[NH-][n+]1c(-c2ccccc2)cc(-c2ccccc2)cc1-c1ccccc1. The molecule has 0 saturated carbocycles. The zero-order valence-electron chi connectivity index (χ0n) is 17.8. The van der Waals surface area contributed by atoms with Gasteiger partial charge in [0.25, 0.3) is 0 Å². The lowest BCUT2D eigenvalue weighted by molar-refractivity contribution is -0.582. The Morgan fingerprint density at radius 2 is 1.10 bits per heavy atom. The van der Waals surface area contributed by atoms with Crippen molar-refractivity contribution >= 4 is 5.97 Å². The maximum absolute atomic E-state index is 9.82. The van der Waals surface area contributed by atoms with Crippen LogP contribution in [0.4, 0.5) is 0 Å². The van der Waals surface area contributed by atoms with Gasteiger partial charge in [-0.2, -0.15) is 0 Å². The molecule has 0 aliphatic carbocycles. The van der Waals surface area contributed by atoms with Crippen molar-refractivity contribution in [2.24, 2.45) is 0 Å². The second-order valence-corrected chi connectivity index (χ2v) is 6.87. The first-order valence-corrected chi connectivity index (χ1v) is 10.2. The number of ether oxygens (including phenoxy) is 1. The zero-order valence-corrected chi connectivity index (χ0v) is 17.8. The summed E-state index contributed by atoms with van der Waals surface area (Å²) in [5, 5.41) is 0. The molecule has 0 amide bonds. The molecular formula is C27H26N2O2. The van der Waals surface area contributed by atoms with Crippen molar-refractivity contribution in [3.05, 3.63) is 109 Å². The number of esters is 1. The van der Waals surface area contributed by atoms with Crippen LogP contribution in [0.25, 0.3) is 39.5 Å². The average molecular weight is 411 g/mol. The number of aromatic nitrogens is 1. The summed E-state index contributed by atoms with van der Waals surface area (Å²) in [5.74, 6) is 8.49. The third-order valence-electron chi connectivity index (χ3n) is 4.66. The predicted molar refractivity (Wildman–Crippen MR) is 125 cm³/mol. The minimum absolute atomic E-state index is 0.211. The molecule has 0 saturated heterocycles. The van der Waals surface area contributed by atoms with E-state index in [2.05, 4.69) is 29.0 Å². The van der Waals surface area contributed by atoms with E-state index in [0.29, 0.717) is 6.61 Å². The van der Waals surface area contributed by atoms with Crippen LogP contribution in [0.15, 0.2) is 103 Å². The fourth-order valence-corrected chi connectivity index (χ4v) is 3.24. The normalized spacial score (nSPS) is 10.0. The Kier molecular flexibility index (Phi) is 7.55. The molecule has 1 aromatic heterocycles. The van der Waals surface area contributed by atoms with Crippen LogP contribution in [0.5, 0.6) is 0 Å². The smallest absolute Gasteiger partial charge is 0.302 e. The molecule has 0 bridgehead atoms. The molecule has 0 radical (unpaired) electrons. The lowest BCUT2D eigenvalue weighted by Gasteiger charge is -2.13. The molecule has 4 rings (SSSR count). The number of carbonyl (C=O) groups is 1. The maximum atomic E-state index is 9.82. The summed E-state index contributed by atoms with van der Waals surface area (Å²) in [4.78, 5) is 9.82. The van der Waals surface area contributed by atoms with E-state index in [0.717, 1.165) is 33.6 Å².